The Morgan fingerprint density at radius 3 is 2.78 bits per heavy atom. The highest BCUT2D eigenvalue weighted by atomic mass is 32.2. The summed E-state index contributed by atoms with van der Waals surface area (Å²) in [6.45, 7) is 2.14. The van der Waals surface area contributed by atoms with Gasteiger partial charge in [-0.1, -0.05) is 30.3 Å². The number of nitrogens with one attached hydrogen (secondary N) is 2. The number of nitrogens with zero attached hydrogens (tertiary/aromatic N) is 1. The third-order valence-corrected chi connectivity index (χ3v) is 3.32. The summed E-state index contributed by atoms with van der Waals surface area (Å²) < 4.78 is 27.4. The van der Waals surface area contributed by atoms with Crippen LogP contribution in [0.5, 0.6) is 0 Å². The van der Waals surface area contributed by atoms with E-state index in [1.54, 1.807) is 31.2 Å². The summed E-state index contributed by atoms with van der Waals surface area (Å²) in [6, 6.07) is 6.74. The zero-order valence-corrected chi connectivity index (χ0v) is 10.7. The molecule has 0 bridgehead atoms. The minimum atomic E-state index is -3.48. The molecule has 0 radical (unpaired) electrons. The number of rotatable bonds is 6. The van der Waals surface area contributed by atoms with E-state index in [1.165, 1.54) is 0 Å². The van der Waals surface area contributed by atoms with E-state index in [0.717, 1.165) is 0 Å². The number of benzene rings is 1. The van der Waals surface area contributed by atoms with Gasteiger partial charge in [-0.2, -0.15) is 13.1 Å². The van der Waals surface area contributed by atoms with Crippen LogP contribution in [0, 0.1) is 0 Å². The van der Waals surface area contributed by atoms with E-state index in [0.29, 0.717) is 17.7 Å². The third-order valence-electron chi connectivity index (χ3n) is 2.13. The number of hydrogen-bond acceptors (Lipinski definition) is 4. The van der Waals surface area contributed by atoms with Gasteiger partial charge >= 0.3 is 0 Å². The zero-order chi connectivity index (χ0) is 13.6. The van der Waals surface area contributed by atoms with Gasteiger partial charge in [0.15, 0.2) is 5.84 Å². The van der Waals surface area contributed by atoms with Crippen molar-refractivity contribution in [1.29, 1.82) is 0 Å². The van der Waals surface area contributed by atoms with Crippen LogP contribution in [0.25, 0.3) is 0 Å². The lowest BCUT2D eigenvalue weighted by Gasteiger charge is -2.07. The molecule has 0 aliphatic carbocycles. The minimum absolute atomic E-state index is 0.0219. The fourth-order valence-electron chi connectivity index (χ4n) is 1.32. The Morgan fingerprint density at radius 2 is 2.17 bits per heavy atom. The largest absolute Gasteiger partial charge is 0.409 e. The molecule has 8 heteroatoms. The van der Waals surface area contributed by atoms with Crippen LogP contribution in [0.1, 0.15) is 18.1 Å². The number of nitrogens with two attached hydrogens (primary N) is 1. The Bertz CT molecular complexity index is 528. The molecule has 0 saturated heterocycles. The molecular formula is C10H16N4O3S. The van der Waals surface area contributed by atoms with Gasteiger partial charge in [-0.3, -0.25) is 0 Å². The molecule has 0 amide bonds. The molecule has 100 valence electrons. The van der Waals surface area contributed by atoms with E-state index >= 15 is 0 Å². The van der Waals surface area contributed by atoms with Crippen molar-refractivity contribution in [1.82, 2.24) is 9.44 Å². The highest BCUT2D eigenvalue weighted by Crippen LogP contribution is 2.05. The smallest absolute Gasteiger partial charge is 0.277 e. The van der Waals surface area contributed by atoms with Crippen LogP contribution in [-0.4, -0.2) is 26.0 Å². The lowest BCUT2D eigenvalue weighted by molar-refractivity contribution is 0.318. The van der Waals surface area contributed by atoms with Crippen molar-refractivity contribution in [3.8, 4) is 0 Å². The van der Waals surface area contributed by atoms with Gasteiger partial charge in [0.25, 0.3) is 10.2 Å². The summed E-state index contributed by atoms with van der Waals surface area (Å²) in [4.78, 5) is 0. The minimum Gasteiger partial charge on any atom is -0.409 e. The van der Waals surface area contributed by atoms with E-state index in [4.69, 9.17) is 10.9 Å². The quantitative estimate of drug-likeness (QED) is 0.247. The lowest BCUT2D eigenvalue weighted by Crippen LogP contribution is -2.35. The molecule has 0 aliphatic rings. The van der Waals surface area contributed by atoms with Crippen molar-refractivity contribution in [3.05, 3.63) is 35.4 Å². The van der Waals surface area contributed by atoms with E-state index in [9.17, 15) is 8.42 Å². The summed E-state index contributed by atoms with van der Waals surface area (Å²) in [7, 11) is -3.48. The van der Waals surface area contributed by atoms with Crippen LogP contribution in [0.15, 0.2) is 29.4 Å². The Morgan fingerprint density at radius 1 is 1.44 bits per heavy atom. The fourth-order valence-corrected chi connectivity index (χ4v) is 2.16. The van der Waals surface area contributed by atoms with E-state index in [-0.39, 0.29) is 12.4 Å². The number of hydrogen-bond donors (Lipinski definition) is 4. The molecule has 0 saturated carbocycles. The first-order valence-corrected chi connectivity index (χ1v) is 6.78. The summed E-state index contributed by atoms with van der Waals surface area (Å²) in [6.07, 6.45) is 0. The average Bonchev–Trinajstić information content (AvgIpc) is 2.36. The van der Waals surface area contributed by atoms with Crippen LogP contribution < -0.4 is 15.2 Å². The van der Waals surface area contributed by atoms with Gasteiger partial charge < -0.3 is 10.9 Å². The predicted octanol–water partition coefficient (Wildman–Crippen LogP) is -0.275. The highest BCUT2D eigenvalue weighted by Gasteiger charge is 2.07. The first kappa shape index (κ1) is 14.4. The molecule has 0 spiro atoms. The third kappa shape index (κ3) is 4.32. The topological polar surface area (TPSA) is 117 Å². The van der Waals surface area contributed by atoms with Gasteiger partial charge in [0.05, 0.1) is 0 Å². The van der Waals surface area contributed by atoms with Crippen molar-refractivity contribution >= 4 is 16.0 Å². The van der Waals surface area contributed by atoms with Crippen molar-refractivity contribution in [3.63, 3.8) is 0 Å². The molecule has 1 aromatic carbocycles. The molecule has 7 nitrogen and oxygen atoms in total. The maximum Gasteiger partial charge on any atom is 0.277 e. The average molecular weight is 272 g/mol. The summed E-state index contributed by atoms with van der Waals surface area (Å²) >= 11 is 0. The first-order valence-electron chi connectivity index (χ1n) is 5.29. The Hall–Kier alpha value is -1.64. The monoisotopic (exact) mass is 272 g/mol. The molecule has 1 aromatic rings. The van der Waals surface area contributed by atoms with Crippen LogP contribution >= 0.6 is 0 Å². The van der Waals surface area contributed by atoms with Crippen LogP contribution in [0.4, 0.5) is 0 Å². The number of amidine groups is 1. The molecule has 0 unspecified atom stereocenters. The molecule has 0 heterocycles. The van der Waals surface area contributed by atoms with Crippen molar-refractivity contribution in [2.24, 2.45) is 10.9 Å². The van der Waals surface area contributed by atoms with Gasteiger partial charge in [0.2, 0.25) is 0 Å². The molecule has 0 atom stereocenters. The van der Waals surface area contributed by atoms with E-state index < -0.39 is 10.2 Å². The second-order valence-corrected chi connectivity index (χ2v) is 5.09. The fraction of sp³-hybridized carbons (Fsp3) is 0.300. The molecular weight excluding hydrogens is 256 g/mol. The van der Waals surface area contributed by atoms with Crippen LogP contribution in [0.2, 0.25) is 0 Å². The normalized spacial score (nSPS) is 12.6. The maximum absolute atomic E-state index is 11.4. The molecule has 18 heavy (non-hydrogen) atoms. The Balaban J connectivity index is 2.75. The molecule has 5 N–H and O–H groups in total. The second kappa shape index (κ2) is 6.34. The van der Waals surface area contributed by atoms with Crippen molar-refractivity contribution in [2.75, 3.05) is 6.54 Å². The highest BCUT2D eigenvalue weighted by molar-refractivity contribution is 7.87. The van der Waals surface area contributed by atoms with Gasteiger partial charge in [0.1, 0.15) is 0 Å². The van der Waals surface area contributed by atoms with E-state index in [2.05, 4.69) is 14.6 Å². The molecule has 0 aromatic heterocycles. The summed E-state index contributed by atoms with van der Waals surface area (Å²) in [5, 5.41) is 11.4. The molecule has 1 rings (SSSR count). The SMILES string of the molecule is CCNS(=O)(=O)NCc1cccc(/C(N)=N/O)c1. The predicted molar refractivity (Wildman–Crippen MR) is 68.4 cm³/mol. The van der Waals surface area contributed by atoms with Gasteiger partial charge in [-0.25, -0.2) is 4.72 Å². The zero-order valence-electron chi connectivity index (χ0n) is 9.92. The lowest BCUT2D eigenvalue weighted by atomic mass is 10.1. The Kier molecular flexibility index (Phi) is 5.08. The first-order chi connectivity index (χ1) is 8.48. The van der Waals surface area contributed by atoms with Gasteiger partial charge in [-0.05, 0) is 11.6 Å². The van der Waals surface area contributed by atoms with E-state index in [1.807, 2.05) is 0 Å². The summed E-state index contributed by atoms with van der Waals surface area (Å²) in [5.74, 6) is -0.0219. The van der Waals surface area contributed by atoms with Crippen LogP contribution in [-0.2, 0) is 16.8 Å². The standard InChI is InChI=1S/C10H16N4O3S/c1-2-12-18(16,17)13-7-8-4-3-5-9(6-8)10(11)14-15/h3-6,12-13,15H,2,7H2,1H3,(H2,11,14). The second-order valence-electron chi connectivity index (χ2n) is 3.51. The summed E-state index contributed by atoms with van der Waals surface area (Å²) in [5.41, 5.74) is 6.68. The Labute approximate surface area is 106 Å². The molecule has 0 fully saturated rings. The number of oxime groups is 1. The van der Waals surface area contributed by atoms with Gasteiger partial charge in [-0.15, -0.1) is 0 Å². The maximum atomic E-state index is 11.4. The van der Waals surface area contributed by atoms with Gasteiger partial charge in [0, 0.05) is 18.7 Å². The van der Waals surface area contributed by atoms with Crippen molar-refractivity contribution < 1.29 is 13.6 Å². The van der Waals surface area contributed by atoms with Crippen LogP contribution in [0.3, 0.4) is 0 Å². The molecule has 0 aliphatic heterocycles. The van der Waals surface area contributed by atoms with Crippen molar-refractivity contribution in [2.45, 2.75) is 13.5 Å².